The van der Waals surface area contributed by atoms with E-state index in [9.17, 15) is 4.79 Å². The smallest absolute Gasteiger partial charge is 0.410 e. The average Bonchev–Trinajstić information content (AvgIpc) is 3.08. The van der Waals surface area contributed by atoms with Crippen molar-refractivity contribution in [2.45, 2.75) is 51.7 Å². The molecule has 1 unspecified atom stereocenters. The molecule has 5 nitrogen and oxygen atoms in total. The maximum Gasteiger partial charge on any atom is 0.410 e. The number of nitrogens with two attached hydrogens (primary N) is 1. The largest absolute Gasteiger partial charge is 0.444 e. The first-order chi connectivity index (χ1) is 8.85. The van der Waals surface area contributed by atoms with Gasteiger partial charge in [-0.2, -0.15) is 0 Å². The van der Waals surface area contributed by atoms with Crippen molar-refractivity contribution < 1.29 is 14.3 Å². The molecule has 1 atom stereocenters. The second kappa shape index (κ2) is 5.29. The van der Waals surface area contributed by atoms with Crippen molar-refractivity contribution in [1.29, 1.82) is 0 Å². The Hall–Kier alpha value is -0.810. The van der Waals surface area contributed by atoms with Crippen LogP contribution in [-0.2, 0) is 9.47 Å². The molecule has 5 heteroatoms. The zero-order valence-corrected chi connectivity index (χ0v) is 12.3. The van der Waals surface area contributed by atoms with E-state index in [1.165, 1.54) is 12.8 Å². The van der Waals surface area contributed by atoms with Crippen LogP contribution in [0.2, 0.25) is 0 Å². The van der Waals surface area contributed by atoms with E-state index < -0.39 is 5.60 Å². The predicted octanol–water partition coefficient (Wildman–Crippen LogP) is 1.75. The molecule has 0 radical (unpaired) electrons. The van der Waals surface area contributed by atoms with E-state index in [1.807, 2.05) is 25.7 Å². The summed E-state index contributed by atoms with van der Waals surface area (Å²) in [6, 6.07) is 0.106. The van der Waals surface area contributed by atoms with Gasteiger partial charge in [0, 0.05) is 6.54 Å². The Bertz CT molecular complexity index is 334. The number of carbonyl (C=O) groups is 1. The summed E-state index contributed by atoms with van der Waals surface area (Å²) in [6.45, 7) is 8.17. The van der Waals surface area contributed by atoms with Gasteiger partial charge in [-0.25, -0.2) is 4.79 Å². The maximum atomic E-state index is 12.2. The van der Waals surface area contributed by atoms with Crippen LogP contribution in [0, 0.1) is 5.41 Å². The summed E-state index contributed by atoms with van der Waals surface area (Å²) in [5.74, 6) is 0. The quantitative estimate of drug-likeness (QED) is 0.848. The zero-order valence-electron chi connectivity index (χ0n) is 12.3. The van der Waals surface area contributed by atoms with Gasteiger partial charge in [0.25, 0.3) is 0 Å². The summed E-state index contributed by atoms with van der Waals surface area (Å²) in [5.41, 5.74) is 5.62. The molecule has 1 amide bonds. The molecular formula is C14H26N2O3. The molecule has 110 valence electrons. The molecule has 1 aliphatic carbocycles. The molecule has 0 aromatic carbocycles. The topological polar surface area (TPSA) is 64.8 Å². The summed E-state index contributed by atoms with van der Waals surface area (Å²) in [7, 11) is 0. The number of carbonyl (C=O) groups excluding carboxylic acids is 1. The van der Waals surface area contributed by atoms with Gasteiger partial charge in [0.1, 0.15) is 5.60 Å². The number of hydrogen-bond acceptors (Lipinski definition) is 4. The monoisotopic (exact) mass is 270 g/mol. The highest BCUT2D eigenvalue weighted by Gasteiger charge is 2.45. The average molecular weight is 270 g/mol. The second-order valence-electron chi connectivity index (χ2n) is 6.81. The Kier molecular flexibility index (Phi) is 4.06. The summed E-state index contributed by atoms with van der Waals surface area (Å²) >= 11 is 0. The summed E-state index contributed by atoms with van der Waals surface area (Å²) in [4.78, 5) is 14.1. The van der Waals surface area contributed by atoms with E-state index in [0.717, 1.165) is 6.42 Å². The molecule has 2 rings (SSSR count). The lowest BCUT2D eigenvalue weighted by Crippen LogP contribution is -2.51. The van der Waals surface area contributed by atoms with Gasteiger partial charge in [-0.3, -0.25) is 0 Å². The molecule has 1 heterocycles. The van der Waals surface area contributed by atoms with Crippen molar-refractivity contribution >= 4 is 6.09 Å². The van der Waals surface area contributed by atoms with Crippen LogP contribution in [0.1, 0.15) is 40.0 Å². The van der Waals surface area contributed by atoms with Crippen LogP contribution in [0.25, 0.3) is 0 Å². The third kappa shape index (κ3) is 3.83. The van der Waals surface area contributed by atoms with Gasteiger partial charge in [0.15, 0.2) is 0 Å². The lowest BCUT2D eigenvalue weighted by molar-refractivity contribution is -0.0380. The summed E-state index contributed by atoms with van der Waals surface area (Å²) < 4.78 is 11.0. The van der Waals surface area contributed by atoms with E-state index in [1.54, 1.807) is 0 Å². The van der Waals surface area contributed by atoms with Gasteiger partial charge in [-0.1, -0.05) is 0 Å². The van der Waals surface area contributed by atoms with Crippen molar-refractivity contribution in [3.05, 3.63) is 0 Å². The SMILES string of the molecule is CC(C)(C)OC(=O)N1CCOCC1CC1(CN)CC1. The van der Waals surface area contributed by atoms with Crippen molar-refractivity contribution in [2.75, 3.05) is 26.3 Å². The minimum atomic E-state index is -0.453. The van der Waals surface area contributed by atoms with Crippen LogP contribution in [-0.4, -0.2) is 48.9 Å². The number of amides is 1. The molecule has 2 aliphatic rings. The van der Waals surface area contributed by atoms with Crippen LogP contribution in [0.3, 0.4) is 0 Å². The molecule has 2 N–H and O–H groups in total. The highest BCUT2D eigenvalue weighted by molar-refractivity contribution is 5.68. The van der Waals surface area contributed by atoms with Crippen molar-refractivity contribution in [3.63, 3.8) is 0 Å². The molecule has 0 spiro atoms. The van der Waals surface area contributed by atoms with E-state index >= 15 is 0 Å². The lowest BCUT2D eigenvalue weighted by Gasteiger charge is -2.38. The molecule has 0 aromatic heterocycles. The molecule has 1 saturated heterocycles. The Morgan fingerprint density at radius 3 is 2.68 bits per heavy atom. The van der Waals surface area contributed by atoms with Gasteiger partial charge in [0.2, 0.25) is 0 Å². The van der Waals surface area contributed by atoms with Crippen LogP contribution in [0.15, 0.2) is 0 Å². The van der Waals surface area contributed by atoms with Crippen molar-refractivity contribution in [2.24, 2.45) is 11.1 Å². The van der Waals surface area contributed by atoms with Crippen LogP contribution < -0.4 is 5.73 Å². The van der Waals surface area contributed by atoms with Gasteiger partial charge in [-0.15, -0.1) is 0 Å². The highest BCUT2D eigenvalue weighted by Crippen LogP contribution is 2.49. The van der Waals surface area contributed by atoms with E-state index in [2.05, 4.69) is 0 Å². The second-order valence-corrected chi connectivity index (χ2v) is 6.81. The Labute approximate surface area is 115 Å². The first-order valence-electron chi connectivity index (χ1n) is 7.13. The van der Waals surface area contributed by atoms with E-state index in [0.29, 0.717) is 26.3 Å². The summed E-state index contributed by atoms with van der Waals surface area (Å²) in [5, 5.41) is 0. The van der Waals surface area contributed by atoms with E-state index in [4.69, 9.17) is 15.2 Å². The first-order valence-corrected chi connectivity index (χ1v) is 7.13. The molecule has 1 saturated carbocycles. The molecular weight excluding hydrogens is 244 g/mol. The fraction of sp³-hybridized carbons (Fsp3) is 0.929. The predicted molar refractivity (Wildman–Crippen MR) is 72.9 cm³/mol. The number of hydrogen-bond donors (Lipinski definition) is 1. The first kappa shape index (κ1) is 14.6. The fourth-order valence-corrected chi connectivity index (χ4v) is 2.55. The normalized spacial score (nSPS) is 26.1. The molecule has 1 aliphatic heterocycles. The Morgan fingerprint density at radius 1 is 1.47 bits per heavy atom. The molecule has 2 fully saturated rings. The van der Waals surface area contributed by atoms with Gasteiger partial charge in [0.05, 0.1) is 19.3 Å². The number of morpholine rings is 1. The third-order valence-electron chi connectivity index (χ3n) is 3.91. The number of rotatable bonds is 3. The number of nitrogens with zero attached hydrogens (tertiary/aromatic N) is 1. The standard InChI is InChI=1S/C14H26N2O3/c1-13(2,3)19-12(17)16-6-7-18-9-11(16)8-14(10-15)4-5-14/h11H,4-10,15H2,1-3H3. The minimum absolute atomic E-state index is 0.106. The van der Waals surface area contributed by atoms with Crippen molar-refractivity contribution in [1.82, 2.24) is 4.90 Å². The number of ether oxygens (including phenoxy) is 2. The van der Waals surface area contributed by atoms with Gasteiger partial charge < -0.3 is 20.1 Å². The lowest BCUT2D eigenvalue weighted by atomic mass is 9.96. The minimum Gasteiger partial charge on any atom is -0.444 e. The van der Waals surface area contributed by atoms with Gasteiger partial charge >= 0.3 is 6.09 Å². The van der Waals surface area contributed by atoms with E-state index in [-0.39, 0.29) is 17.6 Å². The van der Waals surface area contributed by atoms with Crippen molar-refractivity contribution in [3.8, 4) is 0 Å². The van der Waals surface area contributed by atoms with Crippen LogP contribution in [0.4, 0.5) is 4.79 Å². The van der Waals surface area contributed by atoms with Crippen LogP contribution in [0.5, 0.6) is 0 Å². The maximum absolute atomic E-state index is 12.2. The Morgan fingerprint density at radius 2 is 2.16 bits per heavy atom. The highest BCUT2D eigenvalue weighted by atomic mass is 16.6. The molecule has 0 bridgehead atoms. The van der Waals surface area contributed by atoms with Gasteiger partial charge in [-0.05, 0) is 52.0 Å². The Balaban J connectivity index is 1.97. The summed E-state index contributed by atoms with van der Waals surface area (Å²) in [6.07, 6.45) is 3.04. The molecule has 0 aromatic rings. The molecule has 19 heavy (non-hydrogen) atoms. The third-order valence-corrected chi connectivity index (χ3v) is 3.91. The van der Waals surface area contributed by atoms with Crippen LogP contribution >= 0.6 is 0 Å². The zero-order chi connectivity index (χ0) is 14.1. The fourth-order valence-electron chi connectivity index (χ4n) is 2.55.